The van der Waals surface area contributed by atoms with E-state index in [0.29, 0.717) is 6.04 Å². The van der Waals surface area contributed by atoms with E-state index in [1.807, 2.05) is 11.6 Å². The first kappa shape index (κ1) is 11.8. The van der Waals surface area contributed by atoms with Gasteiger partial charge in [-0.1, -0.05) is 24.3 Å². The van der Waals surface area contributed by atoms with Gasteiger partial charge in [0.2, 0.25) is 0 Å². The van der Waals surface area contributed by atoms with Crippen LogP contribution in [0.1, 0.15) is 29.3 Å². The third-order valence-corrected chi connectivity index (χ3v) is 4.69. The van der Waals surface area contributed by atoms with Gasteiger partial charge in [0.1, 0.15) is 5.82 Å². The molecule has 1 unspecified atom stereocenters. The molecule has 0 radical (unpaired) electrons. The lowest BCUT2D eigenvalue weighted by atomic mass is 9.88. The maximum absolute atomic E-state index is 6.11. The summed E-state index contributed by atoms with van der Waals surface area (Å²) >= 11 is 3.49. The molecule has 1 atom stereocenters. The van der Waals surface area contributed by atoms with Crippen LogP contribution in [0.15, 0.2) is 28.7 Å². The van der Waals surface area contributed by atoms with Gasteiger partial charge < -0.3 is 5.73 Å². The molecule has 0 saturated carbocycles. The smallest absolute Gasteiger partial charge is 0.136 e. The van der Waals surface area contributed by atoms with Gasteiger partial charge in [0.25, 0.3) is 0 Å². The zero-order chi connectivity index (χ0) is 12.7. The predicted octanol–water partition coefficient (Wildman–Crippen LogP) is 3.27. The normalized spacial score (nSPS) is 18.7. The van der Waals surface area contributed by atoms with Crippen LogP contribution in [-0.2, 0) is 12.8 Å². The van der Waals surface area contributed by atoms with Gasteiger partial charge in [-0.25, -0.2) is 4.68 Å². The van der Waals surface area contributed by atoms with Crippen LogP contribution in [0.4, 0.5) is 5.82 Å². The Morgan fingerprint density at radius 3 is 2.72 bits per heavy atom. The molecule has 18 heavy (non-hydrogen) atoms. The summed E-state index contributed by atoms with van der Waals surface area (Å²) in [5, 5.41) is 4.55. The van der Waals surface area contributed by atoms with E-state index in [4.69, 9.17) is 5.73 Å². The Kier molecular flexibility index (Phi) is 2.90. The minimum absolute atomic E-state index is 0.380. The number of fused-ring (bicyclic) bond motifs is 1. The van der Waals surface area contributed by atoms with E-state index >= 15 is 0 Å². The van der Waals surface area contributed by atoms with Crippen molar-refractivity contribution in [2.24, 2.45) is 0 Å². The maximum Gasteiger partial charge on any atom is 0.136 e. The van der Waals surface area contributed by atoms with Crippen molar-refractivity contribution in [1.82, 2.24) is 9.78 Å². The molecule has 1 aromatic carbocycles. The van der Waals surface area contributed by atoms with Gasteiger partial charge in [0.05, 0.1) is 16.2 Å². The summed E-state index contributed by atoms with van der Waals surface area (Å²) in [6, 6.07) is 9.03. The molecule has 1 aliphatic rings. The molecule has 0 bridgehead atoms. The lowest BCUT2D eigenvalue weighted by Crippen LogP contribution is -2.21. The molecule has 0 saturated heterocycles. The fraction of sp³-hybridized carbons (Fsp3) is 0.357. The van der Waals surface area contributed by atoms with E-state index in [0.717, 1.165) is 35.2 Å². The summed E-state index contributed by atoms with van der Waals surface area (Å²) in [4.78, 5) is 0. The Morgan fingerprint density at radius 2 is 2.06 bits per heavy atom. The number of aryl methyl sites for hydroxylation is 2. The Bertz CT molecular complexity index is 589. The van der Waals surface area contributed by atoms with Crippen LogP contribution in [-0.4, -0.2) is 9.78 Å². The first-order chi connectivity index (χ1) is 8.66. The van der Waals surface area contributed by atoms with E-state index in [-0.39, 0.29) is 0 Å². The molecular weight excluding hydrogens is 290 g/mol. The van der Waals surface area contributed by atoms with E-state index in [1.165, 1.54) is 11.1 Å². The van der Waals surface area contributed by atoms with Crippen molar-refractivity contribution in [3.63, 3.8) is 0 Å². The van der Waals surface area contributed by atoms with Crippen molar-refractivity contribution in [3.8, 4) is 0 Å². The van der Waals surface area contributed by atoms with E-state index in [1.54, 1.807) is 0 Å². The molecular formula is C14H16BrN3. The second-order valence-corrected chi connectivity index (χ2v) is 5.69. The van der Waals surface area contributed by atoms with Crippen molar-refractivity contribution in [1.29, 1.82) is 0 Å². The average Bonchev–Trinajstić information content (AvgIpc) is 2.66. The van der Waals surface area contributed by atoms with Gasteiger partial charge in [-0.2, -0.15) is 5.10 Å². The minimum atomic E-state index is 0.380. The Labute approximate surface area is 115 Å². The van der Waals surface area contributed by atoms with Crippen LogP contribution >= 0.6 is 15.9 Å². The van der Waals surface area contributed by atoms with Crippen LogP contribution in [0.5, 0.6) is 0 Å². The number of nitrogens with two attached hydrogens (primary N) is 1. The Morgan fingerprint density at radius 1 is 1.33 bits per heavy atom. The zero-order valence-electron chi connectivity index (χ0n) is 10.4. The maximum atomic E-state index is 6.11. The predicted molar refractivity (Wildman–Crippen MR) is 76.6 cm³/mol. The van der Waals surface area contributed by atoms with Gasteiger partial charge in [-0.3, -0.25) is 0 Å². The van der Waals surface area contributed by atoms with Crippen molar-refractivity contribution in [3.05, 3.63) is 45.6 Å². The molecule has 3 nitrogen and oxygen atoms in total. The lowest BCUT2D eigenvalue weighted by molar-refractivity contribution is 0.409. The molecule has 0 aliphatic heterocycles. The summed E-state index contributed by atoms with van der Waals surface area (Å²) in [5.74, 6) is 0.747. The summed E-state index contributed by atoms with van der Waals surface area (Å²) in [6.07, 6.45) is 3.24. The van der Waals surface area contributed by atoms with Crippen LogP contribution in [0, 0.1) is 6.92 Å². The number of benzene rings is 1. The van der Waals surface area contributed by atoms with Gasteiger partial charge >= 0.3 is 0 Å². The second kappa shape index (κ2) is 4.43. The number of hydrogen-bond acceptors (Lipinski definition) is 2. The highest BCUT2D eigenvalue weighted by Gasteiger charge is 2.23. The van der Waals surface area contributed by atoms with Crippen LogP contribution in [0.2, 0.25) is 0 Å². The number of aromatic nitrogens is 2. The highest BCUT2D eigenvalue weighted by molar-refractivity contribution is 9.10. The fourth-order valence-electron chi connectivity index (χ4n) is 2.71. The number of nitrogens with zero attached hydrogens (tertiary/aromatic N) is 2. The first-order valence-electron chi connectivity index (χ1n) is 6.23. The third-order valence-electron chi connectivity index (χ3n) is 3.71. The Balaban J connectivity index is 1.94. The van der Waals surface area contributed by atoms with Crippen LogP contribution < -0.4 is 5.73 Å². The van der Waals surface area contributed by atoms with Gasteiger partial charge in [-0.15, -0.1) is 0 Å². The van der Waals surface area contributed by atoms with E-state index < -0.39 is 0 Å². The van der Waals surface area contributed by atoms with Crippen molar-refractivity contribution in [2.75, 3.05) is 5.73 Å². The zero-order valence-corrected chi connectivity index (χ0v) is 11.9. The van der Waals surface area contributed by atoms with Gasteiger partial charge in [-0.05, 0) is 53.2 Å². The summed E-state index contributed by atoms with van der Waals surface area (Å²) in [5.41, 5.74) is 9.97. The molecule has 94 valence electrons. The third kappa shape index (κ3) is 1.85. The summed E-state index contributed by atoms with van der Waals surface area (Å²) in [6.45, 7) is 1.98. The van der Waals surface area contributed by atoms with Crippen molar-refractivity contribution >= 4 is 21.7 Å². The summed E-state index contributed by atoms with van der Waals surface area (Å²) in [7, 11) is 0. The highest BCUT2D eigenvalue weighted by Crippen LogP contribution is 2.33. The molecule has 0 spiro atoms. The lowest BCUT2D eigenvalue weighted by Gasteiger charge is -2.25. The van der Waals surface area contributed by atoms with Crippen LogP contribution in [0.25, 0.3) is 0 Å². The van der Waals surface area contributed by atoms with Gasteiger partial charge in [0.15, 0.2) is 0 Å². The van der Waals surface area contributed by atoms with Crippen LogP contribution in [0.3, 0.4) is 0 Å². The number of halogens is 1. The number of nitrogen functional groups attached to an aromatic ring is 1. The Hall–Kier alpha value is -1.29. The van der Waals surface area contributed by atoms with E-state index in [9.17, 15) is 0 Å². The fourth-order valence-corrected chi connectivity index (χ4v) is 2.97. The van der Waals surface area contributed by atoms with E-state index in [2.05, 4.69) is 45.3 Å². The largest absolute Gasteiger partial charge is 0.383 e. The van der Waals surface area contributed by atoms with Gasteiger partial charge in [0, 0.05) is 0 Å². The number of rotatable bonds is 1. The highest BCUT2D eigenvalue weighted by atomic mass is 79.9. The first-order valence-corrected chi connectivity index (χ1v) is 7.03. The molecule has 0 fully saturated rings. The molecule has 4 heteroatoms. The second-order valence-electron chi connectivity index (χ2n) is 4.89. The molecule has 2 N–H and O–H groups in total. The molecule has 0 amide bonds. The summed E-state index contributed by atoms with van der Waals surface area (Å²) < 4.78 is 2.91. The molecule has 1 heterocycles. The SMILES string of the molecule is Cc1nn(C2CCc3ccccc3C2)c(N)c1Br. The van der Waals surface area contributed by atoms with Crippen molar-refractivity contribution < 1.29 is 0 Å². The minimum Gasteiger partial charge on any atom is -0.383 e. The monoisotopic (exact) mass is 305 g/mol. The molecule has 1 aromatic heterocycles. The number of anilines is 1. The topological polar surface area (TPSA) is 43.8 Å². The number of hydrogen-bond donors (Lipinski definition) is 1. The molecule has 3 rings (SSSR count). The standard InChI is InChI=1S/C14H16BrN3/c1-9-13(15)14(16)18(17-9)12-7-6-10-4-2-3-5-11(10)8-12/h2-5,12H,6-8,16H2,1H3. The molecule has 1 aliphatic carbocycles. The molecule has 2 aromatic rings. The average molecular weight is 306 g/mol. The van der Waals surface area contributed by atoms with Crippen molar-refractivity contribution in [2.45, 2.75) is 32.2 Å². The quantitative estimate of drug-likeness (QED) is 0.879.